The summed E-state index contributed by atoms with van der Waals surface area (Å²) < 4.78 is 6.08. The minimum Gasteiger partial charge on any atom is -0.357 e. The van der Waals surface area contributed by atoms with Crippen molar-refractivity contribution in [2.45, 2.75) is 19.1 Å². The van der Waals surface area contributed by atoms with Crippen LogP contribution in [-0.2, 0) is 4.74 Å². The number of hydrogen-bond acceptors (Lipinski definition) is 4. The van der Waals surface area contributed by atoms with E-state index in [9.17, 15) is 0 Å². The third-order valence-electron chi connectivity index (χ3n) is 4.76. The van der Waals surface area contributed by atoms with Gasteiger partial charge in [-0.2, -0.15) is 22.7 Å². The second-order valence-electron chi connectivity index (χ2n) is 6.28. The lowest BCUT2D eigenvalue weighted by Gasteiger charge is -2.21. The van der Waals surface area contributed by atoms with Crippen LogP contribution in [0.25, 0.3) is 5.57 Å². The summed E-state index contributed by atoms with van der Waals surface area (Å²) in [4.78, 5) is 2.40. The molecule has 4 heteroatoms. The highest BCUT2D eigenvalue weighted by Gasteiger charge is 2.32. The SMILES string of the molecule is C[C@@H]1[C@@H](c2ccccc2)OCN1CC=C(c1ccsc1)c1ccsc1. The molecule has 0 bridgehead atoms. The fourth-order valence-electron chi connectivity index (χ4n) is 3.31. The van der Waals surface area contributed by atoms with Crippen molar-refractivity contribution in [2.75, 3.05) is 13.3 Å². The van der Waals surface area contributed by atoms with Crippen molar-refractivity contribution in [1.82, 2.24) is 4.90 Å². The quantitative estimate of drug-likeness (QED) is 0.577. The van der Waals surface area contributed by atoms with E-state index >= 15 is 0 Å². The Morgan fingerprint density at radius 2 is 1.76 bits per heavy atom. The number of benzene rings is 1. The molecule has 1 aliphatic heterocycles. The van der Waals surface area contributed by atoms with Crippen molar-refractivity contribution in [2.24, 2.45) is 0 Å². The summed E-state index contributed by atoms with van der Waals surface area (Å²) in [5, 5.41) is 8.73. The van der Waals surface area contributed by atoms with E-state index in [1.54, 1.807) is 22.7 Å². The Kier molecular flexibility index (Phi) is 5.13. The molecule has 4 rings (SSSR count). The van der Waals surface area contributed by atoms with Crippen LogP contribution in [0.3, 0.4) is 0 Å². The molecule has 0 radical (unpaired) electrons. The van der Waals surface area contributed by atoms with Crippen molar-refractivity contribution in [3.63, 3.8) is 0 Å². The molecule has 3 aromatic rings. The van der Waals surface area contributed by atoms with Gasteiger partial charge in [-0.05, 0) is 62.8 Å². The second-order valence-corrected chi connectivity index (χ2v) is 7.84. The number of hydrogen-bond donors (Lipinski definition) is 0. The van der Waals surface area contributed by atoms with Crippen molar-refractivity contribution in [1.29, 1.82) is 0 Å². The molecular weight excluding hydrogens is 346 g/mol. The van der Waals surface area contributed by atoms with Crippen LogP contribution in [0, 0.1) is 0 Å². The van der Waals surface area contributed by atoms with E-state index in [0.29, 0.717) is 12.8 Å². The van der Waals surface area contributed by atoms with Crippen LogP contribution in [0.15, 0.2) is 70.1 Å². The molecule has 1 aromatic carbocycles. The third-order valence-corrected chi connectivity index (χ3v) is 6.12. The normalized spacial score (nSPS) is 20.7. The molecule has 3 heterocycles. The highest BCUT2D eigenvalue weighted by atomic mass is 32.1. The van der Waals surface area contributed by atoms with Crippen molar-refractivity contribution in [3.05, 3.63) is 86.8 Å². The number of thiophene rings is 2. The molecule has 1 aliphatic rings. The van der Waals surface area contributed by atoms with Crippen LogP contribution in [0.2, 0.25) is 0 Å². The van der Waals surface area contributed by atoms with Gasteiger partial charge in [0.05, 0.1) is 6.10 Å². The van der Waals surface area contributed by atoms with Crippen LogP contribution >= 0.6 is 22.7 Å². The first kappa shape index (κ1) is 16.7. The second kappa shape index (κ2) is 7.67. The van der Waals surface area contributed by atoms with Gasteiger partial charge in [-0.1, -0.05) is 36.4 Å². The van der Waals surface area contributed by atoms with Gasteiger partial charge >= 0.3 is 0 Å². The van der Waals surface area contributed by atoms with Crippen LogP contribution in [-0.4, -0.2) is 24.2 Å². The van der Waals surface area contributed by atoms with Crippen molar-refractivity contribution >= 4 is 28.2 Å². The first-order chi connectivity index (χ1) is 12.3. The Morgan fingerprint density at radius 3 is 2.36 bits per heavy atom. The standard InChI is InChI=1S/C21H21NOS2/c1-16-21(17-5-3-2-4-6-17)23-15-22(16)10-7-20(18-8-11-24-13-18)19-9-12-25-14-19/h2-9,11-14,16,21H,10,15H2,1H3/t16-,21+/m1/s1. The molecule has 0 N–H and O–H groups in total. The summed E-state index contributed by atoms with van der Waals surface area (Å²) in [6.45, 7) is 3.83. The van der Waals surface area contributed by atoms with Gasteiger partial charge in [0.25, 0.3) is 0 Å². The van der Waals surface area contributed by atoms with E-state index in [1.807, 2.05) is 0 Å². The molecule has 2 nitrogen and oxygen atoms in total. The lowest BCUT2D eigenvalue weighted by molar-refractivity contribution is 0.0911. The lowest BCUT2D eigenvalue weighted by Crippen LogP contribution is -2.29. The molecule has 0 spiro atoms. The Bertz CT molecular complexity index is 773. The summed E-state index contributed by atoms with van der Waals surface area (Å²) in [7, 11) is 0. The summed E-state index contributed by atoms with van der Waals surface area (Å²) in [5.41, 5.74) is 5.18. The molecule has 25 heavy (non-hydrogen) atoms. The molecule has 0 aliphatic carbocycles. The van der Waals surface area contributed by atoms with Crippen molar-refractivity contribution < 1.29 is 4.74 Å². The van der Waals surface area contributed by atoms with Gasteiger partial charge < -0.3 is 4.74 Å². The van der Waals surface area contributed by atoms with E-state index in [-0.39, 0.29) is 6.10 Å². The van der Waals surface area contributed by atoms with E-state index in [1.165, 1.54) is 22.3 Å². The van der Waals surface area contributed by atoms with E-state index < -0.39 is 0 Å². The van der Waals surface area contributed by atoms with Gasteiger partial charge in [0.1, 0.15) is 6.73 Å². The predicted octanol–water partition coefficient (Wildman–Crippen LogP) is 5.66. The van der Waals surface area contributed by atoms with Crippen LogP contribution in [0.5, 0.6) is 0 Å². The van der Waals surface area contributed by atoms with Crippen LogP contribution in [0.4, 0.5) is 0 Å². The minimum atomic E-state index is 0.153. The average Bonchev–Trinajstić information content (AvgIpc) is 3.39. The molecule has 128 valence electrons. The Labute approximate surface area is 157 Å². The van der Waals surface area contributed by atoms with Gasteiger partial charge in [-0.25, -0.2) is 0 Å². The maximum atomic E-state index is 6.08. The monoisotopic (exact) mass is 367 g/mol. The number of rotatable bonds is 5. The predicted molar refractivity (Wildman–Crippen MR) is 107 cm³/mol. The zero-order valence-corrected chi connectivity index (χ0v) is 15.8. The maximum absolute atomic E-state index is 6.08. The topological polar surface area (TPSA) is 12.5 Å². The summed E-state index contributed by atoms with van der Waals surface area (Å²) in [6.07, 6.45) is 2.50. The van der Waals surface area contributed by atoms with Gasteiger partial charge in [0, 0.05) is 12.6 Å². The van der Waals surface area contributed by atoms with E-state index in [2.05, 4.69) is 81.9 Å². The van der Waals surface area contributed by atoms with Gasteiger partial charge in [0.2, 0.25) is 0 Å². The largest absolute Gasteiger partial charge is 0.357 e. The molecule has 0 amide bonds. The minimum absolute atomic E-state index is 0.153. The molecule has 0 unspecified atom stereocenters. The summed E-state index contributed by atoms with van der Waals surface area (Å²) in [5.74, 6) is 0. The maximum Gasteiger partial charge on any atom is 0.100 e. The van der Waals surface area contributed by atoms with E-state index in [4.69, 9.17) is 4.74 Å². The van der Waals surface area contributed by atoms with E-state index in [0.717, 1.165) is 6.54 Å². The van der Waals surface area contributed by atoms with Gasteiger partial charge in [0.15, 0.2) is 0 Å². The summed E-state index contributed by atoms with van der Waals surface area (Å²) >= 11 is 3.49. The zero-order chi connectivity index (χ0) is 17.1. The molecular formula is C21H21NOS2. The number of nitrogens with zero attached hydrogens (tertiary/aromatic N) is 1. The highest BCUT2D eigenvalue weighted by Crippen LogP contribution is 2.32. The molecule has 2 aromatic heterocycles. The van der Waals surface area contributed by atoms with Gasteiger partial charge in [-0.15, -0.1) is 0 Å². The average molecular weight is 368 g/mol. The van der Waals surface area contributed by atoms with Crippen molar-refractivity contribution in [3.8, 4) is 0 Å². The summed E-state index contributed by atoms with van der Waals surface area (Å²) in [6, 6.07) is 15.3. The fraction of sp³-hybridized carbons (Fsp3) is 0.238. The Balaban J connectivity index is 1.52. The van der Waals surface area contributed by atoms with Crippen LogP contribution in [0.1, 0.15) is 29.7 Å². The zero-order valence-electron chi connectivity index (χ0n) is 14.2. The lowest BCUT2D eigenvalue weighted by atomic mass is 10.0. The first-order valence-electron chi connectivity index (χ1n) is 8.49. The molecule has 2 atom stereocenters. The number of ether oxygens (including phenoxy) is 1. The fourth-order valence-corrected chi connectivity index (χ4v) is 4.62. The molecule has 0 saturated carbocycles. The smallest absolute Gasteiger partial charge is 0.100 e. The third kappa shape index (κ3) is 3.62. The Hall–Kier alpha value is -1.72. The van der Waals surface area contributed by atoms with Crippen LogP contribution < -0.4 is 0 Å². The highest BCUT2D eigenvalue weighted by molar-refractivity contribution is 7.08. The Morgan fingerprint density at radius 1 is 1.08 bits per heavy atom. The first-order valence-corrected chi connectivity index (χ1v) is 10.4. The molecule has 1 saturated heterocycles. The van der Waals surface area contributed by atoms with Gasteiger partial charge in [-0.3, -0.25) is 4.90 Å². The molecule has 1 fully saturated rings.